The fourth-order valence-electron chi connectivity index (χ4n) is 5.47. The lowest BCUT2D eigenvalue weighted by atomic mass is 9.84. The van der Waals surface area contributed by atoms with Crippen molar-refractivity contribution in [2.45, 2.75) is 56.0 Å². The van der Waals surface area contributed by atoms with Crippen LogP contribution in [0.4, 0.5) is 28.0 Å². The second-order valence-corrected chi connectivity index (χ2v) is 11.4. The number of alkyl carbamates (subject to hydrolysis) is 1. The van der Waals surface area contributed by atoms with Gasteiger partial charge in [-0.05, 0) is 48.2 Å². The highest BCUT2D eigenvalue weighted by molar-refractivity contribution is 5.98. The molecule has 4 atom stereocenters. The highest BCUT2D eigenvalue weighted by atomic mass is 19.4. The first-order chi connectivity index (χ1) is 23.5. The minimum absolute atomic E-state index is 0.129. The van der Waals surface area contributed by atoms with E-state index in [0.717, 1.165) is 5.56 Å². The number of halogens is 4. The smallest absolute Gasteiger partial charge is 0.407 e. The van der Waals surface area contributed by atoms with Gasteiger partial charge in [-0.25, -0.2) is 9.18 Å². The number of benzene rings is 3. The average molecular weight is 690 g/mol. The highest BCUT2D eigenvalue weighted by Crippen LogP contribution is 2.32. The molecule has 264 valence electrons. The summed E-state index contributed by atoms with van der Waals surface area (Å²) < 4.78 is 73.3. The summed E-state index contributed by atoms with van der Waals surface area (Å²) >= 11 is 0. The van der Waals surface area contributed by atoms with Crippen molar-refractivity contribution in [3.05, 3.63) is 95.3 Å². The van der Waals surface area contributed by atoms with Gasteiger partial charge in [0.05, 0.1) is 45.8 Å². The zero-order valence-electron chi connectivity index (χ0n) is 27.1. The zero-order valence-corrected chi connectivity index (χ0v) is 27.1. The van der Waals surface area contributed by atoms with Gasteiger partial charge in [-0.2, -0.15) is 13.2 Å². The first kappa shape index (κ1) is 37.1. The number of hydrogen-bond acceptors (Lipinski definition) is 8. The molecule has 4 rings (SSSR count). The molecule has 10 nitrogen and oxygen atoms in total. The van der Waals surface area contributed by atoms with Gasteiger partial charge < -0.3 is 34.9 Å². The van der Waals surface area contributed by atoms with Crippen LogP contribution in [0.2, 0.25) is 0 Å². The van der Waals surface area contributed by atoms with Gasteiger partial charge in [-0.15, -0.1) is 0 Å². The number of ether oxygens (including phenoxy) is 4. The Labute approximate surface area is 281 Å². The molecule has 1 saturated heterocycles. The van der Waals surface area contributed by atoms with Gasteiger partial charge in [-0.1, -0.05) is 48.5 Å². The third-order valence-electron chi connectivity index (χ3n) is 8.00. The number of morpholine rings is 1. The Morgan fingerprint density at radius 2 is 1.73 bits per heavy atom. The van der Waals surface area contributed by atoms with Gasteiger partial charge in [-0.3, -0.25) is 9.59 Å². The summed E-state index contributed by atoms with van der Waals surface area (Å²) in [7, 11) is 2.71. The quantitative estimate of drug-likeness (QED) is 0.150. The van der Waals surface area contributed by atoms with Gasteiger partial charge in [0, 0.05) is 23.7 Å². The van der Waals surface area contributed by atoms with Gasteiger partial charge >= 0.3 is 18.2 Å². The monoisotopic (exact) mass is 689 g/mol. The number of methoxy groups -OCH3 is 2. The van der Waals surface area contributed by atoms with Crippen molar-refractivity contribution < 1.29 is 50.9 Å². The highest BCUT2D eigenvalue weighted by Gasteiger charge is 2.34. The van der Waals surface area contributed by atoms with Crippen molar-refractivity contribution in [1.82, 2.24) is 10.6 Å². The number of carbonyl (C=O) groups excluding carboxylic acids is 3. The molecule has 3 aromatic rings. The molecule has 0 bridgehead atoms. The van der Waals surface area contributed by atoms with E-state index in [0.29, 0.717) is 24.3 Å². The minimum atomic E-state index is -4.44. The van der Waals surface area contributed by atoms with Crippen LogP contribution in [-0.4, -0.2) is 76.3 Å². The second kappa shape index (κ2) is 17.6. The number of hydrogen-bond donors (Lipinski definition) is 3. The number of amides is 2. The lowest BCUT2D eigenvalue weighted by molar-refractivity contribution is -0.158. The van der Waals surface area contributed by atoms with Gasteiger partial charge in [0.15, 0.2) is 0 Å². The van der Waals surface area contributed by atoms with E-state index in [-0.39, 0.29) is 37.0 Å². The molecule has 0 unspecified atom stereocenters. The summed E-state index contributed by atoms with van der Waals surface area (Å²) in [4.78, 5) is 38.2. The van der Waals surface area contributed by atoms with E-state index in [1.54, 1.807) is 24.3 Å². The third kappa shape index (κ3) is 11.2. The Hall–Kier alpha value is -4.69. The number of alkyl halides is 3. The first-order valence-electron chi connectivity index (χ1n) is 15.7. The molecule has 2 amide bonds. The van der Waals surface area contributed by atoms with Crippen LogP contribution < -0.4 is 20.7 Å². The maximum absolute atomic E-state index is 15.2. The van der Waals surface area contributed by atoms with Crippen LogP contribution in [0.1, 0.15) is 41.9 Å². The molecule has 1 heterocycles. The summed E-state index contributed by atoms with van der Waals surface area (Å²) in [5.41, 5.74) is 1.85. The number of rotatable bonds is 14. The fourth-order valence-corrected chi connectivity index (χ4v) is 5.47. The molecule has 0 spiro atoms. The van der Waals surface area contributed by atoms with Crippen molar-refractivity contribution in [2.24, 2.45) is 0 Å². The van der Waals surface area contributed by atoms with Crippen LogP contribution in [0.5, 0.6) is 5.75 Å². The molecular weight excluding hydrogens is 650 g/mol. The summed E-state index contributed by atoms with van der Waals surface area (Å²) in [5, 5.41) is 8.61. The van der Waals surface area contributed by atoms with E-state index in [9.17, 15) is 27.6 Å². The lowest BCUT2D eigenvalue weighted by Gasteiger charge is -2.30. The van der Waals surface area contributed by atoms with Crippen LogP contribution in [0.25, 0.3) is 0 Å². The topological polar surface area (TPSA) is 124 Å². The Morgan fingerprint density at radius 3 is 2.41 bits per heavy atom. The zero-order chi connectivity index (χ0) is 35.4. The molecule has 1 fully saturated rings. The van der Waals surface area contributed by atoms with E-state index in [4.69, 9.17) is 18.9 Å². The number of esters is 1. The predicted molar refractivity (Wildman–Crippen MR) is 172 cm³/mol. The second-order valence-electron chi connectivity index (χ2n) is 11.4. The van der Waals surface area contributed by atoms with E-state index in [2.05, 4.69) is 16.0 Å². The molecule has 0 aromatic heterocycles. The normalized spacial score (nSPS) is 17.3. The fraction of sp³-hybridized carbons (Fsp3) is 0.400. The minimum Gasteiger partial charge on any atom is -0.497 e. The Morgan fingerprint density at radius 1 is 1.00 bits per heavy atom. The first-order valence-corrected chi connectivity index (χ1v) is 15.7. The van der Waals surface area contributed by atoms with Crippen LogP contribution in [-0.2, 0) is 30.2 Å². The Bertz CT molecular complexity index is 1550. The van der Waals surface area contributed by atoms with Crippen LogP contribution in [0.3, 0.4) is 0 Å². The van der Waals surface area contributed by atoms with Crippen molar-refractivity contribution in [3.63, 3.8) is 0 Å². The summed E-state index contributed by atoms with van der Waals surface area (Å²) in [6, 6.07) is 19.0. The standard InChI is InChI=1S/C35H39F4N3O7/c1-46-25-11-6-10-23(18-25)31(22-8-4-3-5-9-22)32(42-34(45)47-2)33(44)41-29-13-7-12-28(36)27(29)15-14-26-19-40-24(20-48-26)21-49-30(43)16-17-35(37,38)39/h3-13,18,24,26,31-32,40H,14-17,19-21H2,1-2H3,(H,41,44)(H,42,45)/t24-,26+,31+,32-/m0/s1. The van der Waals surface area contributed by atoms with E-state index >= 15 is 4.39 Å². The largest absolute Gasteiger partial charge is 0.497 e. The van der Waals surface area contributed by atoms with Crippen molar-refractivity contribution >= 4 is 23.7 Å². The summed E-state index contributed by atoms with van der Waals surface area (Å²) in [5.74, 6) is -2.24. The Balaban J connectivity index is 1.45. The molecule has 3 N–H and O–H groups in total. The van der Waals surface area contributed by atoms with E-state index in [1.807, 2.05) is 36.4 Å². The van der Waals surface area contributed by atoms with Gasteiger partial charge in [0.2, 0.25) is 5.91 Å². The molecule has 49 heavy (non-hydrogen) atoms. The van der Waals surface area contributed by atoms with Crippen molar-refractivity contribution in [2.75, 3.05) is 39.3 Å². The molecule has 0 saturated carbocycles. The van der Waals surface area contributed by atoms with E-state index in [1.165, 1.54) is 26.4 Å². The number of anilines is 1. The van der Waals surface area contributed by atoms with E-state index < -0.39 is 60.8 Å². The molecule has 3 aromatic carbocycles. The molecule has 0 radical (unpaired) electrons. The van der Waals surface area contributed by atoms with Crippen LogP contribution >= 0.6 is 0 Å². The molecule has 0 aliphatic carbocycles. The molecular formula is C35H39F4N3O7. The summed E-state index contributed by atoms with van der Waals surface area (Å²) in [6.45, 7) is 0.308. The molecule has 14 heteroatoms. The van der Waals surface area contributed by atoms with Crippen molar-refractivity contribution in [1.29, 1.82) is 0 Å². The van der Waals surface area contributed by atoms with Crippen molar-refractivity contribution in [3.8, 4) is 5.75 Å². The van der Waals surface area contributed by atoms with Crippen LogP contribution in [0.15, 0.2) is 72.8 Å². The summed E-state index contributed by atoms with van der Waals surface area (Å²) in [6.07, 6.45) is -7.10. The van der Waals surface area contributed by atoms with Crippen LogP contribution in [0, 0.1) is 5.82 Å². The average Bonchev–Trinajstić information content (AvgIpc) is 3.10. The Kier molecular flexibility index (Phi) is 13.4. The number of carbonyl (C=O) groups is 3. The lowest BCUT2D eigenvalue weighted by Crippen LogP contribution is -2.49. The maximum atomic E-state index is 15.2. The molecule has 1 aliphatic heterocycles. The maximum Gasteiger partial charge on any atom is 0.407 e. The third-order valence-corrected chi connectivity index (χ3v) is 8.00. The van der Waals surface area contributed by atoms with Gasteiger partial charge in [0.25, 0.3) is 0 Å². The molecule has 1 aliphatic rings. The van der Waals surface area contributed by atoms with Gasteiger partial charge in [0.1, 0.15) is 24.2 Å². The number of nitrogens with one attached hydrogen (secondary N) is 3. The predicted octanol–water partition coefficient (Wildman–Crippen LogP) is 5.50. The SMILES string of the molecule is COC(=O)N[C@H](C(=O)Nc1cccc(F)c1CC[C@@H]1CN[C@H](COC(=O)CCC(F)(F)F)CO1)[C@H](c1ccccc1)c1cccc(OC)c1.